The lowest BCUT2D eigenvalue weighted by Gasteiger charge is -2.37. The molecule has 0 saturated carbocycles. The molecular formula is C13H28N2S. The first kappa shape index (κ1) is 14.3. The highest BCUT2D eigenvalue weighted by Crippen LogP contribution is 2.24. The normalized spacial score (nSPS) is 27.2. The Balaban J connectivity index is 2.03. The first-order valence-electron chi connectivity index (χ1n) is 6.76. The van der Waals surface area contributed by atoms with Gasteiger partial charge in [-0.05, 0) is 39.9 Å². The summed E-state index contributed by atoms with van der Waals surface area (Å²) in [6, 6.07) is 0.774. The second-order valence-electron chi connectivity index (χ2n) is 4.87. The molecule has 0 spiro atoms. The molecule has 16 heavy (non-hydrogen) atoms. The molecule has 0 aromatic heterocycles. The van der Waals surface area contributed by atoms with Gasteiger partial charge in [0.25, 0.3) is 0 Å². The van der Waals surface area contributed by atoms with E-state index in [-0.39, 0.29) is 0 Å². The van der Waals surface area contributed by atoms with Crippen molar-refractivity contribution in [2.45, 2.75) is 50.8 Å². The van der Waals surface area contributed by atoms with Gasteiger partial charge in [-0.25, -0.2) is 0 Å². The summed E-state index contributed by atoms with van der Waals surface area (Å²) >= 11 is 2.13. The van der Waals surface area contributed by atoms with Gasteiger partial charge in [-0.15, -0.1) is 0 Å². The van der Waals surface area contributed by atoms with Crippen molar-refractivity contribution in [2.24, 2.45) is 0 Å². The van der Waals surface area contributed by atoms with Gasteiger partial charge >= 0.3 is 0 Å². The summed E-state index contributed by atoms with van der Waals surface area (Å²) in [6.45, 7) is 8.54. The Hall–Kier alpha value is 0.270. The van der Waals surface area contributed by atoms with E-state index in [1.807, 2.05) is 7.05 Å². The number of thioether (sulfide) groups is 1. The number of hydrogen-bond donors (Lipinski definition) is 1. The van der Waals surface area contributed by atoms with Crippen molar-refractivity contribution in [3.8, 4) is 0 Å². The van der Waals surface area contributed by atoms with Crippen LogP contribution in [0, 0.1) is 0 Å². The van der Waals surface area contributed by atoms with Crippen LogP contribution in [-0.2, 0) is 0 Å². The topological polar surface area (TPSA) is 15.3 Å². The molecule has 0 aromatic rings. The molecule has 0 aliphatic carbocycles. The van der Waals surface area contributed by atoms with Gasteiger partial charge in [-0.2, -0.15) is 11.8 Å². The SMILES string of the molecule is CNCCCCCCN1CCSC(C)C1C. The van der Waals surface area contributed by atoms with Gasteiger partial charge in [-0.3, -0.25) is 4.90 Å². The average Bonchev–Trinajstić information content (AvgIpc) is 2.29. The third-order valence-corrected chi connectivity index (χ3v) is 4.97. The fourth-order valence-corrected chi connectivity index (χ4v) is 3.44. The van der Waals surface area contributed by atoms with Gasteiger partial charge in [0, 0.05) is 23.6 Å². The van der Waals surface area contributed by atoms with Crippen LogP contribution in [-0.4, -0.2) is 48.6 Å². The van der Waals surface area contributed by atoms with Crippen LogP contribution in [0.2, 0.25) is 0 Å². The molecule has 1 rings (SSSR count). The Morgan fingerprint density at radius 2 is 1.94 bits per heavy atom. The third kappa shape index (κ3) is 5.07. The quantitative estimate of drug-likeness (QED) is 0.693. The minimum absolute atomic E-state index is 0.774. The largest absolute Gasteiger partial charge is 0.320 e. The first-order chi connectivity index (χ1) is 7.75. The van der Waals surface area contributed by atoms with Crippen molar-refractivity contribution >= 4 is 11.8 Å². The van der Waals surface area contributed by atoms with Gasteiger partial charge in [0.2, 0.25) is 0 Å². The molecular weight excluding hydrogens is 216 g/mol. The fraction of sp³-hybridized carbons (Fsp3) is 1.00. The zero-order valence-electron chi connectivity index (χ0n) is 11.2. The predicted molar refractivity (Wildman–Crippen MR) is 75.3 cm³/mol. The summed E-state index contributed by atoms with van der Waals surface area (Å²) in [4.78, 5) is 2.68. The lowest BCUT2D eigenvalue weighted by Crippen LogP contribution is -2.44. The zero-order valence-corrected chi connectivity index (χ0v) is 12.0. The number of hydrogen-bond acceptors (Lipinski definition) is 3. The molecule has 1 aliphatic heterocycles. The van der Waals surface area contributed by atoms with E-state index in [9.17, 15) is 0 Å². The molecule has 0 radical (unpaired) electrons. The number of nitrogens with one attached hydrogen (secondary N) is 1. The summed E-state index contributed by atoms with van der Waals surface area (Å²) in [5.41, 5.74) is 0. The van der Waals surface area contributed by atoms with Crippen molar-refractivity contribution in [2.75, 3.05) is 32.4 Å². The fourth-order valence-electron chi connectivity index (χ4n) is 2.28. The molecule has 1 heterocycles. The van der Waals surface area contributed by atoms with Gasteiger partial charge < -0.3 is 5.32 Å². The van der Waals surface area contributed by atoms with Crippen LogP contribution in [0.4, 0.5) is 0 Å². The van der Waals surface area contributed by atoms with Crippen molar-refractivity contribution in [1.29, 1.82) is 0 Å². The minimum Gasteiger partial charge on any atom is -0.320 e. The summed E-state index contributed by atoms with van der Waals surface area (Å²) in [5, 5.41) is 4.03. The van der Waals surface area contributed by atoms with Gasteiger partial charge in [0.05, 0.1) is 0 Å². The molecule has 96 valence electrons. The monoisotopic (exact) mass is 244 g/mol. The second-order valence-corrected chi connectivity index (χ2v) is 6.36. The Morgan fingerprint density at radius 3 is 2.69 bits per heavy atom. The van der Waals surface area contributed by atoms with Crippen LogP contribution in [0.3, 0.4) is 0 Å². The number of nitrogens with zero attached hydrogens (tertiary/aromatic N) is 1. The standard InChI is InChI=1S/C13H28N2S/c1-12-13(2)16-11-10-15(12)9-7-5-4-6-8-14-3/h12-14H,4-11H2,1-3H3. The van der Waals surface area contributed by atoms with Crippen LogP contribution in [0.1, 0.15) is 39.5 Å². The maximum absolute atomic E-state index is 3.21. The maximum Gasteiger partial charge on any atom is 0.0184 e. The molecule has 1 fully saturated rings. The number of unbranched alkanes of at least 4 members (excludes halogenated alkanes) is 3. The molecule has 2 nitrogen and oxygen atoms in total. The molecule has 0 amide bonds. The van der Waals surface area contributed by atoms with Crippen molar-refractivity contribution < 1.29 is 0 Å². The summed E-state index contributed by atoms with van der Waals surface area (Å²) < 4.78 is 0. The highest BCUT2D eigenvalue weighted by molar-refractivity contribution is 8.00. The van der Waals surface area contributed by atoms with Crippen LogP contribution >= 0.6 is 11.8 Å². The van der Waals surface area contributed by atoms with E-state index in [1.165, 1.54) is 51.1 Å². The second kappa shape index (κ2) is 8.37. The highest BCUT2D eigenvalue weighted by atomic mass is 32.2. The molecule has 3 heteroatoms. The Labute approximate surface area is 106 Å². The summed E-state index contributed by atoms with van der Waals surface area (Å²) in [6.07, 6.45) is 5.49. The molecule has 1 aliphatic rings. The number of rotatable bonds is 7. The minimum atomic E-state index is 0.774. The maximum atomic E-state index is 3.21. The van der Waals surface area contributed by atoms with Crippen molar-refractivity contribution in [3.05, 3.63) is 0 Å². The van der Waals surface area contributed by atoms with Gasteiger partial charge in [0.1, 0.15) is 0 Å². The van der Waals surface area contributed by atoms with E-state index in [0.29, 0.717) is 0 Å². The smallest absolute Gasteiger partial charge is 0.0184 e. The Morgan fingerprint density at radius 1 is 1.19 bits per heavy atom. The van der Waals surface area contributed by atoms with Crippen LogP contribution in [0.5, 0.6) is 0 Å². The van der Waals surface area contributed by atoms with E-state index >= 15 is 0 Å². The molecule has 0 aromatic carbocycles. The third-order valence-electron chi connectivity index (χ3n) is 3.64. The molecule has 0 bridgehead atoms. The Bertz CT molecular complexity index is 175. The van der Waals surface area contributed by atoms with Crippen LogP contribution < -0.4 is 5.32 Å². The lowest BCUT2D eigenvalue weighted by molar-refractivity contribution is 0.208. The molecule has 2 unspecified atom stereocenters. The molecule has 1 saturated heterocycles. The van der Waals surface area contributed by atoms with Gasteiger partial charge in [-0.1, -0.05) is 19.8 Å². The summed E-state index contributed by atoms with van der Waals surface area (Å²) in [5.74, 6) is 1.32. The lowest BCUT2D eigenvalue weighted by atomic mass is 10.1. The zero-order chi connectivity index (χ0) is 11.8. The van der Waals surface area contributed by atoms with Crippen molar-refractivity contribution in [1.82, 2.24) is 10.2 Å². The van der Waals surface area contributed by atoms with E-state index in [0.717, 1.165) is 11.3 Å². The van der Waals surface area contributed by atoms with Gasteiger partial charge in [0.15, 0.2) is 0 Å². The van der Waals surface area contributed by atoms with E-state index in [4.69, 9.17) is 0 Å². The van der Waals surface area contributed by atoms with E-state index < -0.39 is 0 Å². The van der Waals surface area contributed by atoms with Crippen LogP contribution in [0.15, 0.2) is 0 Å². The van der Waals surface area contributed by atoms with E-state index in [2.05, 4.69) is 35.8 Å². The Kier molecular flexibility index (Phi) is 7.50. The summed E-state index contributed by atoms with van der Waals surface area (Å²) in [7, 11) is 2.04. The van der Waals surface area contributed by atoms with E-state index in [1.54, 1.807) is 0 Å². The highest BCUT2D eigenvalue weighted by Gasteiger charge is 2.24. The molecule has 2 atom stereocenters. The molecule has 1 N–H and O–H groups in total. The first-order valence-corrected chi connectivity index (χ1v) is 7.81. The predicted octanol–water partition coefficient (Wildman–Crippen LogP) is 2.59. The van der Waals surface area contributed by atoms with Crippen LogP contribution in [0.25, 0.3) is 0 Å². The van der Waals surface area contributed by atoms with Crippen molar-refractivity contribution in [3.63, 3.8) is 0 Å². The average molecular weight is 244 g/mol.